The van der Waals surface area contributed by atoms with Crippen molar-refractivity contribution in [3.8, 4) is 0 Å². The minimum Gasteiger partial charge on any atom is -0.444 e. The Bertz CT molecular complexity index is 486. The summed E-state index contributed by atoms with van der Waals surface area (Å²) in [5.74, 6) is 1.23. The van der Waals surface area contributed by atoms with Crippen LogP contribution in [0.5, 0.6) is 0 Å². The maximum Gasteiger partial charge on any atom is 0.410 e. The lowest BCUT2D eigenvalue weighted by Gasteiger charge is -2.33. The van der Waals surface area contributed by atoms with Crippen LogP contribution in [0.4, 0.5) is 10.6 Å². The van der Waals surface area contributed by atoms with Gasteiger partial charge in [-0.3, -0.25) is 0 Å². The number of pyridine rings is 1. The Labute approximate surface area is 132 Å². The van der Waals surface area contributed by atoms with E-state index in [0.29, 0.717) is 11.7 Å². The largest absolute Gasteiger partial charge is 0.444 e. The fraction of sp³-hybridized carbons (Fsp3) is 0.647. The maximum absolute atomic E-state index is 12.0. The molecule has 2 N–H and O–H groups in total. The van der Waals surface area contributed by atoms with E-state index in [0.717, 1.165) is 38.8 Å². The minimum atomic E-state index is -0.421. The molecule has 0 atom stereocenters. The van der Waals surface area contributed by atoms with Gasteiger partial charge < -0.3 is 15.4 Å². The molecule has 122 valence electrons. The van der Waals surface area contributed by atoms with E-state index in [2.05, 4.69) is 4.98 Å². The molecule has 1 amide bonds. The second-order valence-electron chi connectivity index (χ2n) is 7.04. The predicted molar refractivity (Wildman–Crippen MR) is 87.5 cm³/mol. The van der Waals surface area contributed by atoms with Crippen molar-refractivity contribution in [1.82, 2.24) is 9.88 Å². The van der Waals surface area contributed by atoms with Crippen molar-refractivity contribution in [3.05, 3.63) is 23.9 Å². The summed E-state index contributed by atoms with van der Waals surface area (Å²) < 4.78 is 5.42. The molecular formula is C17H27N3O2. The molecule has 1 fully saturated rings. The number of hydrogen-bond acceptors (Lipinski definition) is 4. The zero-order valence-electron chi connectivity index (χ0n) is 13.8. The lowest BCUT2D eigenvalue weighted by molar-refractivity contribution is 0.0181. The molecule has 0 aliphatic carbocycles. The molecule has 1 saturated heterocycles. The van der Waals surface area contributed by atoms with Crippen LogP contribution in [0.25, 0.3) is 0 Å². The summed E-state index contributed by atoms with van der Waals surface area (Å²) in [4.78, 5) is 18.0. The van der Waals surface area contributed by atoms with E-state index >= 15 is 0 Å². The Balaban J connectivity index is 1.73. The Hall–Kier alpha value is -1.78. The number of amides is 1. The lowest BCUT2D eigenvalue weighted by Crippen LogP contribution is -2.41. The first-order chi connectivity index (χ1) is 10.3. The molecule has 0 radical (unpaired) electrons. The summed E-state index contributed by atoms with van der Waals surface area (Å²) in [6, 6.07) is 3.89. The van der Waals surface area contributed by atoms with E-state index in [4.69, 9.17) is 10.5 Å². The zero-order chi connectivity index (χ0) is 16.2. The highest BCUT2D eigenvalue weighted by molar-refractivity contribution is 5.68. The number of rotatable bonds is 3. The molecule has 1 aliphatic heterocycles. The summed E-state index contributed by atoms with van der Waals surface area (Å²) in [6.07, 6.45) is 5.90. The average molecular weight is 305 g/mol. The molecule has 0 saturated carbocycles. The summed E-state index contributed by atoms with van der Waals surface area (Å²) in [5.41, 5.74) is 6.40. The Kier molecular flexibility index (Phi) is 5.27. The molecule has 5 nitrogen and oxygen atoms in total. The third-order valence-electron chi connectivity index (χ3n) is 3.96. The van der Waals surface area contributed by atoms with Gasteiger partial charge in [-0.15, -0.1) is 0 Å². The van der Waals surface area contributed by atoms with Crippen LogP contribution in [0, 0.1) is 5.92 Å². The maximum atomic E-state index is 12.0. The Morgan fingerprint density at radius 3 is 2.59 bits per heavy atom. The molecular weight excluding hydrogens is 278 g/mol. The zero-order valence-corrected chi connectivity index (χ0v) is 13.8. The van der Waals surface area contributed by atoms with E-state index in [1.54, 1.807) is 0 Å². The lowest BCUT2D eigenvalue weighted by atomic mass is 9.91. The van der Waals surface area contributed by atoms with Gasteiger partial charge in [-0.2, -0.15) is 0 Å². The number of ether oxygens (including phenoxy) is 1. The number of nitrogens with two attached hydrogens (primary N) is 1. The highest BCUT2D eigenvalue weighted by Gasteiger charge is 2.26. The van der Waals surface area contributed by atoms with Crippen LogP contribution in [0.3, 0.4) is 0 Å². The second kappa shape index (κ2) is 6.99. The number of aryl methyl sites for hydroxylation is 1. The van der Waals surface area contributed by atoms with E-state index in [1.807, 2.05) is 44.0 Å². The van der Waals surface area contributed by atoms with Gasteiger partial charge in [0.25, 0.3) is 0 Å². The topological polar surface area (TPSA) is 68.5 Å². The molecule has 0 bridgehead atoms. The normalized spacial score (nSPS) is 16.6. The van der Waals surface area contributed by atoms with E-state index in [9.17, 15) is 4.79 Å². The Morgan fingerprint density at radius 2 is 2.05 bits per heavy atom. The standard InChI is InChI=1S/C17H27N3O2/c1-17(2,3)22-16(21)20-10-8-13(9-11-20)4-5-14-6-7-15(18)19-12-14/h6-7,12-13H,4-5,8-11H2,1-3H3,(H2,18,19). The summed E-state index contributed by atoms with van der Waals surface area (Å²) in [7, 11) is 0. The fourth-order valence-electron chi connectivity index (χ4n) is 2.69. The first-order valence-electron chi connectivity index (χ1n) is 8.02. The van der Waals surface area contributed by atoms with Gasteiger partial charge in [0.15, 0.2) is 0 Å². The van der Waals surface area contributed by atoms with E-state index in [-0.39, 0.29) is 6.09 Å². The summed E-state index contributed by atoms with van der Waals surface area (Å²) in [5, 5.41) is 0. The molecule has 5 heteroatoms. The van der Waals surface area contributed by atoms with Crippen molar-refractivity contribution in [2.24, 2.45) is 5.92 Å². The van der Waals surface area contributed by atoms with Crippen molar-refractivity contribution >= 4 is 11.9 Å². The van der Waals surface area contributed by atoms with Gasteiger partial charge in [-0.1, -0.05) is 6.07 Å². The van der Waals surface area contributed by atoms with E-state index < -0.39 is 5.60 Å². The average Bonchev–Trinajstić information content (AvgIpc) is 2.45. The number of carbonyl (C=O) groups is 1. The van der Waals surface area contributed by atoms with Gasteiger partial charge >= 0.3 is 6.09 Å². The highest BCUT2D eigenvalue weighted by atomic mass is 16.6. The van der Waals surface area contributed by atoms with Crippen LogP contribution in [0.1, 0.15) is 45.6 Å². The molecule has 1 aromatic heterocycles. The number of piperidine rings is 1. The molecule has 2 heterocycles. The van der Waals surface area contributed by atoms with Crippen LogP contribution >= 0.6 is 0 Å². The van der Waals surface area contributed by atoms with Crippen LogP contribution in [-0.2, 0) is 11.2 Å². The van der Waals surface area contributed by atoms with Crippen molar-refractivity contribution in [3.63, 3.8) is 0 Å². The number of nitrogen functional groups attached to an aromatic ring is 1. The van der Waals surface area contributed by atoms with Gasteiger partial charge in [-0.25, -0.2) is 9.78 Å². The van der Waals surface area contributed by atoms with Crippen LogP contribution in [0.2, 0.25) is 0 Å². The van der Waals surface area contributed by atoms with Gasteiger partial charge in [0.05, 0.1) is 0 Å². The summed E-state index contributed by atoms with van der Waals surface area (Å²) >= 11 is 0. The van der Waals surface area contributed by atoms with Gasteiger partial charge in [0, 0.05) is 19.3 Å². The molecule has 22 heavy (non-hydrogen) atoms. The monoisotopic (exact) mass is 305 g/mol. The molecule has 1 aliphatic rings. The number of anilines is 1. The first-order valence-corrected chi connectivity index (χ1v) is 8.02. The van der Waals surface area contributed by atoms with Crippen LogP contribution in [0.15, 0.2) is 18.3 Å². The molecule has 2 rings (SSSR count). The van der Waals surface area contributed by atoms with Gasteiger partial charge in [-0.05, 0) is 64.0 Å². The molecule has 0 aromatic carbocycles. The van der Waals surface area contributed by atoms with Crippen LogP contribution in [-0.4, -0.2) is 34.7 Å². The third kappa shape index (κ3) is 5.20. The quantitative estimate of drug-likeness (QED) is 0.930. The predicted octanol–water partition coefficient (Wildman–Crippen LogP) is 3.24. The molecule has 0 unspecified atom stereocenters. The van der Waals surface area contributed by atoms with Crippen molar-refractivity contribution < 1.29 is 9.53 Å². The minimum absolute atomic E-state index is 0.186. The smallest absolute Gasteiger partial charge is 0.410 e. The Morgan fingerprint density at radius 1 is 1.36 bits per heavy atom. The number of aromatic nitrogens is 1. The van der Waals surface area contributed by atoms with Crippen LogP contribution < -0.4 is 5.73 Å². The highest BCUT2D eigenvalue weighted by Crippen LogP contribution is 2.23. The molecule has 0 spiro atoms. The number of nitrogens with zero attached hydrogens (tertiary/aromatic N) is 2. The van der Waals surface area contributed by atoms with Crippen molar-refractivity contribution in [2.75, 3.05) is 18.8 Å². The van der Waals surface area contributed by atoms with Crippen molar-refractivity contribution in [1.29, 1.82) is 0 Å². The number of likely N-dealkylation sites (tertiary alicyclic amines) is 1. The second-order valence-corrected chi connectivity index (χ2v) is 7.04. The SMILES string of the molecule is CC(C)(C)OC(=O)N1CCC(CCc2ccc(N)nc2)CC1. The fourth-order valence-corrected chi connectivity index (χ4v) is 2.69. The number of hydrogen-bond donors (Lipinski definition) is 1. The summed E-state index contributed by atoms with van der Waals surface area (Å²) in [6.45, 7) is 7.29. The number of carbonyl (C=O) groups excluding carboxylic acids is 1. The molecule has 1 aromatic rings. The van der Waals surface area contributed by atoms with Crippen molar-refractivity contribution in [2.45, 2.75) is 52.1 Å². The van der Waals surface area contributed by atoms with Gasteiger partial charge in [0.2, 0.25) is 0 Å². The van der Waals surface area contributed by atoms with E-state index in [1.165, 1.54) is 5.56 Å². The third-order valence-corrected chi connectivity index (χ3v) is 3.96. The first kappa shape index (κ1) is 16.6. The van der Waals surface area contributed by atoms with Gasteiger partial charge in [0.1, 0.15) is 11.4 Å².